The highest BCUT2D eigenvalue weighted by atomic mass is 16.2. The number of carbonyl (C=O) groups is 4. The number of amides is 5. The Morgan fingerprint density at radius 1 is 1.03 bits per heavy atom. The van der Waals surface area contributed by atoms with Crippen LogP contribution in [-0.4, -0.2) is 66.3 Å². The standard InChI is InChI=1S/C26H28N6O4/c27-15-19-2-1-3-22(14-19)30-24(34)20-8-11-31(12-9-20)26(36)29-16-18-4-6-21(7-5-18)25(35)32-13-10-28-23(33)17-32/h1-7,14,20H,8-13,16-17H2,(H,28,33)(H,29,36)(H,30,34). The number of anilines is 1. The third-order valence-corrected chi connectivity index (χ3v) is 6.38. The summed E-state index contributed by atoms with van der Waals surface area (Å²) in [4.78, 5) is 52.5. The van der Waals surface area contributed by atoms with Crippen LogP contribution in [0.3, 0.4) is 0 Å². The van der Waals surface area contributed by atoms with Crippen molar-refractivity contribution in [3.05, 3.63) is 65.2 Å². The lowest BCUT2D eigenvalue weighted by molar-refractivity contribution is -0.123. The van der Waals surface area contributed by atoms with Gasteiger partial charge in [0.25, 0.3) is 5.91 Å². The molecule has 36 heavy (non-hydrogen) atoms. The molecule has 2 aromatic carbocycles. The van der Waals surface area contributed by atoms with Gasteiger partial charge in [-0.1, -0.05) is 18.2 Å². The molecule has 0 saturated carbocycles. The highest BCUT2D eigenvalue weighted by Gasteiger charge is 2.27. The van der Waals surface area contributed by atoms with Crippen molar-refractivity contribution in [2.45, 2.75) is 19.4 Å². The monoisotopic (exact) mass is 488 g/mol. The smallest absolute Gasteiger partial charge is 0.317 e. The molecule has 2 saturated heterocycles. The van der Waals surface area contributed by atoms with E-state index < -0.39 is 0 Å². The fourth-order valence-electron chi connectivity index (χ4n) is 4.30. The predicted octanol–water partition coefficient (Wildman–Crippen LogP) is 1.69. The van der Waals surface area contributed by atoms with Crippen LogP contribution in [-0.2, 0) is 16.1 Å². The first kappa shape index (κ1) is 24.7. The Hall–Kier alpha value is -4.39. The minimum absolute atomic E-state index is 0.0589. The van der Waals surface area contributed by atoms with Crippen molar-refractivity contribution >= 4 is 29.4 Å². The van der Waals surface area contributed by atoms with Crippen molar-refractivity contribution in [2.24, 2.45) is 5.92 Å². The number of nitrogens with one attached hydrogen (secondary N) is 3. The summed E-state index contributed by atoms with van der Waals surface area (Å²) >= 11 is 0. The largest absolute Gasteiger partial charge is 0.353 e. The fraction of sp³-hybridized carbons (Fsp3) is 0.346. The maximum Gasteiger partial charge on any atom is 0.317 e. The SMILES string of the molecule is N#Cc1cccc(NC(=O)C2CCN(C(=O)NCc3ccc(C(=O)N4CCNC(=O)C4)cc3)CC2)c1. The van der Waals surface area contributed by atoms with E-state index in [-0.39, 0.29) is 36.2 Å². The van der Waals surface area contributed by atoms with Crippen LogP contribution in [0.2, 0.25) is 0 Å². The molecular weight excluding hydrogens is 460 g/mol. The van der Waals surface area contributed by atoms with Crippen molar-refractivity contribution in [3.8, 4) is 6.07 Å². The first-order valence-electron chi connectivity index (χ1n) is 11.9. The van der Waals surface area contributed by atoms with Crippen molar-refractivity contribution < 1.29 is 19.2 Å². The fourth-order valence-corrected chi connectivity index (χ4v) is 4.30. The van der Waals surface area contributed by atoms with Gasteiger partial charge < -0.3 is 25.8 Å². The van der Waals surface area contributed by atoms with Crippen LogP contribution in [0, 0.1) is 17.2 Å². The summed E-state index contributed by atoms with van der Waals surface area (Å²) in [5, 5.41) is 17.4. The first-order valence-corrected chi connectivity index (χ1v) is 11.9. The normalized spacial score (nSPS) is 16.0. The van der Waals surface area contributed by atoms with E-state index in [9.17, 15) is 19.2 Å². The number of rotatable bonds is 5. The van der Waals surface area contributed by atoms with Gasteiger partial charge in [0.2, 0.25) is 11.8 Å². The summed E-state index contributed by atoms with van der Waals surface area (Å²) in [5.41, 5.74) is 2.43. The molecule has 2 aliphatic rings. The first-order chi connectivity index (χ1) is 17.4. The molecule has 186 valence electrons. The lowest BCUT2D eigenvalue weighted by Crippen LogP contribution is -2.49. The number of urea groups is 1. The van der Waals surface area contributed by atoms with E-state index in [2.05, 4.69) is 22.0 Å². The Bertz CT molecular complexity index is 1180. The van der Waals surface area contributed by atoms with E-state index in [1.807, 2.05) is 0 Å². The van der Waals surface area contributed by atoms with Gasteiger partial charge in [0.1, 0.15) is 0 Å². The highest BCUT2D eigenvalue weighted by Crippen LogP contribution is 2.20. The van der Waals surface area contributed by atoms with Crippen LogP contribution in [0.1, 0.15) is 34.3 Å². The van der Waals surface area contributed by atoms with E-state index in [4.69, 9.17) is 5.26 Å². The molecule has 10 nitrogen and oxygen atoms in total. The Morgan fingerprint density at radius 2 is 1.78 bits per heavy atom. The van der Waals surface area contributed by atoms with Crippen molar-refractivity contribution in [1.82, 2.24) is 20.4 Å². The Balaban J connectivity index is 1.21. The Morgan fingerprint density at radius 3 is 2.47 bits per heavy atom. The van der Waals surface area contributed by atoms with Crippen LogP contribution in [0.4, 0.5) is 10.5 Å². The van der Waals surface area contributed by atoms with Crippen LogP contribution in [0.15, 0.2) is 48.5 Å². The number of nitriles is 1. The van der Waals surface area contributed by atoms with Gasteiger partial charge in [0.05, 0.1) is 18.2 Å². The molecular formula is C26H28N6O4. The molecule has 0 aliphatic carbocycles. The Labute approximate surface area is 209 Å². The third-order valence-electron chi connectivity index (χ3n) is 6.38. The summed E-state index contributed by atoms with van der Waals surface area (Å²) in [6, 6.07) is 15.6. The molecule has 0 spiro atoms. The zero-order valence-electron chi connectivity index (χ0n) is 19.8. The molecule has 0 radical (unpaired) electrons. The van der Waals surface area contributed by atoms with Gasteiger partial charge in [-0.15, -0.1) is 0 Å². The van der Waals surface area contributed by atoms with Crippen LogP contribution < -0.4 is 16.0 Å². The minimum atomic E-state index is -0.199. The van der Waals surface area contributed by atoms with Crippen LogP contribution >= 0.6 is 0 Å². The Kier molecular flexibility index (Phi) is 7.80. The van der Waals surface area contributed by atoms with E-state index in [0.29, 0.717) is 62.4 Å². The van der Waals surface area contributed by atoms with Gasteiger partial charge in [-0.25, -0.2) is 4.79 Å². The lowest BCUT2D eigenvalue weighted by atomic mass is 9.96. The van der Waals surface area contributed by atoms with Crippen LogP contribution in [0.25, 0.3) is 0 Å². The molecule has 2 heterocycles. The number of piperidine rings is 1. The van der Waals surface area contributed by atoms with Crippen LogP contribution in [0.5, 0.6) is 0 Å². The molecule has 2 aromatic rings. The second-order valence-corrected chi connectivity index (χ2v) is 8.88. The van der Waals surface area contributed by atoms with Crippen molar-refractivity contribution in [2.75, 3.05) is 38.0 Å². The quantitative estimate of drug-likeness (QED) is 0.589. The van der Waals surface area contributed by atoms with Crippen molar-refractivity contribution in [3.63, 3.8) is 0 Å². The van der Waals surface area contributed by atoms with E-state index >= 15 is 0 Å². The van der Waals surface area contributed by atoms with E-state index in [1.165, 1.54) is 4.90 Å². The summed E-state index contributed by atoms with van der Waals surface area (Å²) in [7, 11) is 0. The summed E-state index contributed by atoms with van der Waals surface area (Å²) in [5.74, 6) is -0.657. The van der Waals surface area contributed by atoms with Gasteiger partial charge in [-0.2, -0.15) is 5.26 Å². The molecule has 2 aliphatic heterocycles. The number of hydrogen-bond acceptors (Lipinski definition) is 5. The summed E-state index contributed by atoms with van der Waals surface area (Å²) < 4.78 is 0. The lowest BCUT2D eigenvalue weighted by Gasteiger charge is -2.31. The van der Waals surface area contributed by atoms with Gasteiger partial charge in [0, 0.05) is 49.9 Å². The molecule has 5 amide bonds. The zero-order chi connectivity index (χ0) is 25.5. The van der Waals surface area contributed by atoms with Gasteiger partial charge >= 0.3 is 6.03 Å². The average molecular weight is 489 g/mol. The summed E-state index contributed by atoms with van der Waals surface area (Å²) in [6.45, 7) is 2.25. The van der Waals surface area contributed by atoms with Gasteiger partial charge in [-0.05, 0) is 48.7 Å². The number of piperazine rings is 1. The third kappa shape index (κ3) is 6.18. The molecule has 0 aromatic heterocycles. The van der Waals surface area contributed by atoms with Gasteiger partial charge in [0.15, 0.2) is 0 Å². The molecule has 4 rings (SSSR count). The van der Waals surface area contributed by atoms with Gasteiger partial charge in [-0.3, -0.25) is 14.4 Å². The van der Waals surface area contributed by atoms with E-state index in [0.717, 1.165) is 5.56 Å². The number of likely N-dealkylation sites (tertiary alicyclic amines) is 1. The molecule has 10 heteroatoms. The maximum absolute atomic E-state index is 12.6. The maximum atomic E-state index is 12.6. The number of nitrogens with zero attached hydrogens (tertiary/aromatic N) is 3. The van der Waals surface area contributed by atoms with E-state index in [1.54, 1.807) is 53.4 Å². The molecule has 0 atom stereocenters. The number of hydrogen-bond donors (Lipinski definition) is 3. The second-order valence-electron chi connectivity index (χ2n) is 8.88. The molecule has 2 fully saturated rings. The molecule has 0 unspecified atom stereocenters. The number of carbonyl (C=O) groups excluding carboxylic acids is 4. The highest BCUT2D eigenvalue weighted by molar-refractivity contribution is 5.97. The topological polar surface area (TPSA) is 135 Å². The minimum Gasteiger partial charge on any atom is -0.353 e. The average Bonchev–Trinajstić information content (AvgIpc) is 2.91. The number of benzene rings is 2. The second kappa shape index (κ2) is 11.4. The van der Waals surface area contributed by atoms with Crippen molar-refractivity contribution in [1.29, 1.82) is 5.26 Å². The molecule has 3 N–H and O–H groups in total. The molecule has 0 bridgehead atoms. The zero-order valence-corrected chi connectivity index (χ0v) is 19.8. The predicted molar refractivity (Wildman–Crippen MR) is 132 cm³/mol. The summed E-state index contributed by atoms with van der Waals surface area (Å²) in [6.07, 6.45) is 1.12.